The molecule has 0 amide bonds. The third-order valence-electron chi connectivity index (χ3n) is 2.62. The van der Waals surface area contributed by atoms with Gasteiger partial charge >= 0.3 is 0 Å². The molecule has 0 aliphatic carbocycles. The maximum absolute atomic E-state index is 5.72. The van der Waals surface area contributed by atoms with Crippen molar-refractivity contribution in [1.82, 2.24) is 4.90 Å². The fourth-order valence-electron chi connectivity index (χ4n) is 1.71. The molecular weight excluding hydrogens is 190 g/mol. The molecule has 3 heteroatoms. The Balaban J connectivity index is 2.15. The lowest BCUT2D eigenvalue weighted by atomic mass is 10.2. The zero-order chi connectivity index (χ0) is 11.3. The molecule has 1 aliphatic rings. The molecule has 0 radical (unpaired) electrons. The Morgan fingerprint density at radius 1 is 1.40 bits per heavy atom. The summed E-state index contributed by atoms with van der Waals surface area (Å²) in [6.45, 7) is 13.3. The average Bonchev–Trinajstić information content (AvgIpc) is 2.16. The Kier molecular flexibility index (Phi) is 5.03. The lowest BCUT2D eigenvalue weighted by molar-refractivity contribution is -0.0542. The Morgan fingerprint density at radius 2 is 2.13 bits per heavy atom. The van der Waals surface area contributed by atoms with E-state index in [0.717, 1.165) is 39.3 Å². The SMILES string of the molecule is CC[C@@H]1CN(CCOC(C)(C)C)CCO1. The van der Waals surface area contributed by atoms with E-state index in [9.17, 15) is 0 Å². The first-order valence-electron chi connectivity index (χ1n) is 5.99. The molecule has 1 aliphatic heterocycles. The van der Waals surface area contributed by atoms with Gasteiger partial charge in [-0.15, -0.1) is 0 Å². The van der Waals surface area contributed by atoms with Gasteiger partial charge in [0.2, 0.25) is 0 Å². The fraction of sp³-hybridized carbons (Fsp3) is 1.00. The van der Waals surface area contributed by atoms with Gasteiger partial charge in [-0.2, -0.15) is 0 Å². The van der Waals surface area contributed by atoms with E-state index in [4.69, 9.17) is 9.47 Å². The molecule has 0 unspecified atom stereocenters. The quantitative estimate of drug-likeness (QED) is 0.715. The molecule has 1 atom stereocenters. The second kappa shape index (κ2) is 5.83. The molecule has 0 saturated carbocycles. The first-order valence-corrected chi connectivity index (χ1v) is 5.99. The van der Waals surface area contributed by atoms with E-state index >= 15 is 0 Å². The van der Waals surface area contributed by atoms with Crippen LogP contribution in [-0.2, 0) is 9.47 Å². The van der Waals surface area contributed by atoms with Crippen molar-refractivity contribution >= 4 is 0 Å². The summed E-state index contributed by atoms with van der Waals surface area (Å²) >= 11 is 0. The molecular formula is C12H25NO2. The van der Waals surface area contributed by atoms with Crippen LogP contribution in [0.3, 0.4) is 0 Å². The molecule has 0 aromatic carbocycles. The maximum atomic E-state index is 5.72. The van der Waals surface area contributed by atoms with Crippen molar-refractivity contribution in [2.75, 3.05) is 32.8 Å². The second-order valence-corrected chi connectivity index (χ2v) is 5.16. The molecule has 1 heterocycles. The Morgan fingerprint density at radius 3 is 2.73 bits per heavy atom. The van der Waals surface area contributed by atoms with E-state index in [0.29, 0.717) is 6.10 Å². The third kappa shape index (κ3) is 5.50. The molecule has 1 rings (SSSR count). The van der Waals surface area contributed by atoms with Crippen molar-refractivity contribution < 1.29 is 9.47 Å². The Labute approximate surface area is 93.7 Å². The molecule has 90 valence electrons. The summed E-state index contributed by atoms with van der Waals surface area (Å²) in [5.41, 5.74) is -0.0174. The first kappa shape index (κ1) is 12.9. The molecule has 0 aromatic rings. The van der Waals surface area contributed by atoms with Crippen LogP contribution in [0.25, 0.3) is 0 Å². The largest absolute Gasteiger partial charge is 0.376 e. The summed E-state index contributed by atoms with van der Waals surface area (Å²) in [7, 11) is 0. The van der Waals surface area contributed by atoms with Crippen LogP contribution in [0.5, 0.6) is 0 Å². The highest BCUT2D eigenvalue weighted by molar-refractivity contribution is 4.70. The highest BCUT2D eigenvalue weighted by Crippen LogP contribution is 2.10. The van der Waals surface area contributed by atoms with Crippen molar-refractivity contribution in [3.63, 3.8) is 0 Å². The molecule has 0 N–H and O–H groups in total. The minimum atomic E-state index is -0.0174. The zero-order valence-electron chi connectivity index (χ0n) is 10.6. The number of morpholine rings is 1. The normalized spacial score (nSPS) is 24.4. The standard InChI is InChI=1S/C12H25NO2/c1-5-11-10-13(6-8-14-11)7-9-15-12(2,3)4/h11H,5-10H2,1-4H3/t11-/m1/s1. The topological polar surface area (TPSA) is 21.7 Å². The van der Waals surface area contributed by atoms with Crippen molar-refractivity contribution in [1.29, 1.82) is 0 Å². The number of hydrogen-bond acceptors (Lipinski definition) is 3. The predicted octanol–water partition coefficient (Wildman–Crippen LogP) is 1.91. The summed E-state index contributed by atoms with van der Waals surface area (Å²) in [5.74, 6) is 0. The van der Waals surface area contributed by atoms with E-state index in [1.54, 1.807) is 0 Å². The predicted molar refractivity (Wildman–Crippen MR) is 62.2 cm³/mol. The smallest absolute Gasteiger partial charge is 0.0700 e. The summed E-state index contributed by atoms with van der Waals surface area (Å²) in [4.78, 5) is 2.43. The molecule has 1 fully saturated rings. The highest BCUT2D eigenvalue weighted by Gasteiger charge is 2.19. The number of rotatable bonds is 4. The van der Waals surface area contributed by atoms with Gasteiger partial charge < -0.3 is 9.47 Å². The van der Waals surface area contributed by atoms with Gasteiger partial charge in [0.25, 0.3) is 0 Å². The van der Waals surface area contributed by atoms with Gasteiger partial charge in [-0.25, -0.2) is 0 Å². The fourth-order valence-corrected chi connectivity index (χ4v) is 1.71. The summed E-state index contributed by atoms with van der Waals surface area (Å²) in [5, 5.41) is 0. The molecule has 0 spiro atoms. The van der Waals surface area contributed by atoms with E-state index in [1.807, 2.05) is 0 Å². The summed E-state index contributed by atoms with van der Waals surface area (Å²) < 4.78 is 11.3. The van der Waals surface area contributed by atoms with Crippen molar-refractivity contribution in [2.24, 2.45) is 0 Å². The van der Waals surface area contributed by atoms with Crippen LogP contribution < -0.4 is 0 Å². The lowest BCUT2D eigenvalue weighted by Gasteiger charge is -2.33. The van der Waals surface area contributed by atoms with Gasteiger partial charge in [-0.05, 0) is 27.2 Å². The number of ether oxygens (including phenoxy) is 2. The monoisotopic (exact) mass is 215 g/mol. The minimum Gasteiger partial charge on any atom is -0.376 e. The number of nitrogens with zero attached hydrogens (tertiary/aromatic N) is 1. The summed E-state index contributed by atoms with van der Waals surface area (Å²) in [6.07, 6.45) is 1.53. The first-order chi connectivity index (χ1) is 7.01. The van der Waals surface area contributed by atoms with Crippen LogP contribution in [-0.4, -0.2) is 49.5 Å². The van der Waals surface area contributed by atoms with Crippen molar-refractivity contribution in [3.05, 3.63) is 0 Å². The van der Waals surface area contributed by atoms with E-state index in [1.165, 1.54) is 0 Å². The molecule has 0 bridgehead atoms. The van der Waals surface area contributed by atoms with Crippen molar-refractivity contribution in [2.45, 2.75) is 45.8 Å². The third-order valence-corrected chi connectivity index (χ3v) is 2.62. The van der Waals surface area contributed by atoms with Crippen LogP contribution >= 0.6 is 0 Å². The van der Waals surface area contributed by atoms with Crippen LogP contribution in [0.4, 0.5) is 0 Å². The van der Waals surface area contributed by atoms with Gasteiger partial charge in [0.05, 0.1) is 24.9 Å². The van der Waals surface area contributed by atoms with Crippen LogP contribution in [0, 0.1) is 0 Å². The molecule has 0 aromatic heterocycles. The lowest BCUT2D eigenvalue weighted by Crippen LogP contribution is -2.44. The Bertz CT molecular complexity index is 177. The molecule has 15 heavy (non-hydrogen) atoms. The minimum absolute atomic E-state index is 0.0174. The maximum Gasteiger partial charge on any atom is 0.0700 e. The number of hydrogen-bond donors (Lipinski definition) is 0. The van der Waals surface area contributed by atoms with Crippen LogP contribution in [0.15, 0.2) is 0 Å². The zero-order valence-corrected chi connectivity index (χ0v) is 10.6. The van der Waals surface area contributed by atoms with Crippen LogP contribution in [0.2, 0.25) is 0 Å². The second-order valence-electron chi connectivity index (χ2n) is 5.16. The average molecular weight is 215 g/mol. The Hall–Kier alpha value is -0.120. The molecule has 3 nitrogen and oxygen atoms in total. The van der Waals surface area contributed by atoms with Gasteiger partial charge in [0.15, 0.2) is 0 Å². The van der Waals surface area contributed by atoms with E-state index in [2.05, 4.69) is 32.6 Å². The van der Waals surface area contributed by atoms with E-state index < -0.39 is 0 Å². The highest BCUT2D eigenvalue weighted by atomic mass is 16.5. The van der Waals surface area contributed by atoms with Gasteiger partial charge in [-0.3, -0.25) is 4.90 Å². The van der Waals surface area contributed by atoms with Gasteiger partial charge in [0, 0.05) is 19.6 Å². The van der Waals surface area contributed by atoms with E-state index in [-0.39, 0.29) is 5.60 Å². The van der Waals surface area contributed by atoms with Gasteiger partial charge in [-0.1, -0.05) is 6.92 Å². The molecule has 1 saturated heterocycles. The van der Waals surface area contributed by atoms with Crippen molar-refractivity contribution in [3.8, 4) is 0 Å². The summed E-state index contributed by atoms with van der Waals surface area (Å²) in [6, 6.07) is 0. The van der Waals surface area contributed by atoms with Gasteiger partial charge in [0.1, 0.15) is 0 Å². The van der Waals surface area contributed by atoms with Crippen LogP contribution in [0.1, 0.15) is 34.1 Å².